The minimum Gasteiger partial charge on any atom is -0.374 e. The van der Waals surface area contributed by atoms with Crippen LogP contribution in [0.3, 0.4) is 0 Å². The predicted molar refractivity (Wildman–Crippen MR) is 101 cm³/mol. The summed E-state index contributed by atoms with van der Waals surface area (Å²) in [6.07, 6.45) is 0.582. The second-order valence-corrected chi connectivity index (χ2v) is 6.72. The first-order chi connectivity index (χ1) is 12.5. The Morgan fingerprint density at radius 1 is 0.846 bits per heavy atom. The van der Waals surface area contributed by atoms with E-state index in [1.165, 1.54) is 24.3 Å². The molecule has 0 bridgehead atoms. The first kappa shape index (κ1) is 16.5. The number of anilines is 1. The van der Waals surface area contributed by atoms with Crippen LogP contribution < -0.4 is 5.32 Å². The molecule has 3 aromatic rings. The zero-order valence-corrected chi connectivity index (χ0v) is 14.3. The Kier molecular flexibility index (Phi) is 4.03. The van der Waals surface area contributed by atoms with Crippen LogP contribution in [0, 0.1) is 11.6 Å². The number of hydrogen-bond donors (Lipinski definition) is 1. The predicted octanol–water partition coefficient (Wildman–Crippen LogP) is 5.82. The van der Waals surface area contributed by atoms with Gasteiger partial charge in [0.05, 0.1) is 22.6 Å². The maximum atomic E-state index is 13.4. The fourth-order valence-electron chi connectivity index (χ4n) is 3.34. The number of para-hydroxylation sites is 2. The van der Waals surface area contributed by atoms with Gasteiger partial charge in [-0.1, -0.05) is 36.4 Å². The minimum absolute atomic E-state index is 0.265. The fourth-order valence-corrected chi connectivity index (χ4v) is 3.34. The Morgan fingerprint density at radius 3 is 2.15 bits per heavy atom. The van der Waals surface area contributed by atoms with Crippen LogP contribution in [0.2, 0.25) is 0 Å². The van der Waals surface area contributed by atoms with Gasteiger partial charge >= 0.3 is 0 Å². The monoisotopic (exact) mass is 348 g/mol. The number of benzene rings is 3. The van der Waals surface area contributed by atoms with Gasteiger partial charge in [-0.05, 0) is 54.4 Å². The average molecular weight is 348 g/mol. The maximum absolute atomic E-state index is 13.4. The molecule has 4 rings (SSSR count). The van der Waals surface area contributed by atoms with Crippen LogP contribution in [0.15, 0.2) is 77.8 Å². The number of aliphatic imine (C=N–C) groups is 1. The number of halogens is 2. The molecule has 0 saturated heterocycles. The van der Waals surface area contributed by atoms with Gasteiger partial charge in [-0.3, -0.25) is 4.99 Å². The van der Waals surface area contributed by atoms with Crippen molar-refractivity contribution in [2.45, 2.75) is 18.9 Å². The Hall–Kier alpha value is -3.01. The molecular formula is C22H18F2N2. The van der Waals surface area contributed by atoms with Gasteiger partial charge < -0.3 is 5.32 Å². The number of nitrogens with one attached hydrogen (secondary N) is 1. The summed E-state index contributed by atoms with van der Waals surface area (Å²) in [4.78, 5) is 4.84. The highest BCUT2D eigenvalue weighted by atomic mass is 19.1. The molecular weight excluding hydrogens is 330 g/mol. The van der Waals surface area contributed by atoms with Crippen LogP contribution in [-0.2, 0) is 5.54 Å². The van der Waals surface area contributed by atoms with E-state index >= 15 is 0 Å². The first-order valence-electron chi connectivity index (χ1n) is 8.50. The van der Waals surface area contributed by atoms with Crippen molar-refractivity contribution in [2.24, 2.45) is 4.99 Å². The van der Waals surface area contributed by atoms with E-state index < -0.39 is 5.54 Å². The Bertz CT molecular complexity index is 962. The second kappa shape index (κ2) is 6.37. The van der Waals surface area contributed by atoms with Crippen LogP contribution in [0.25, 0.3) is 0 Å². The molecule has 1 heterocycles. The molecule has 0 radical (unpaired) electrons. The van der Waals surface area contributed by atoms with E-state index in [0.717, 1.165) is 28.2 Å². The quantitative estimate of drug-likeness (QED) is 0.620. The molecule has 3 aromatic carbocycles. The minimum atomic E-state index is -0.479. The van der Waals surface area contributed by atoms with E-state index in [-0.39, 0.29) is 11.6 Å². The molecule has 1 aliphatic rings. The summed E-state index contributed by atoms with van der Waals surface area (Å²) in [5, 5.41) is 3.57. The van der Waals surface area contributed by atoms with Gasteiger partial charge in [0, 0.05) is 6.42 Å². The molecule has 26 heavy (non-hydrogen) atoms. The summed E-state index contributed by atoms with van der Waals surface area (Å²) in [5.74, 6) is -0.540. The lowest BCUT2D eigenvalue weighted by atomic mass is 9.85. The summed E-state index contributed by atoms with van der Waals surface area (Å²) in [7, 11) is 0. The molecule has 0 spiro atoms. The zero-order valence-electron chi connectivity index (χ0n) is 14.3. The van der Waals surface area contributed by atoms with Crippen molar-refractivity contribution in [2.75, 3.05) is 5.32 Å². The molecule has 4 heteroatoms. The van der Waals surface area contributed by atoms with E-state index in [1.807, 2.05) is 24.3 Å². The highest BCUT2D eigenvalue weighted by molar-refractivity contribution is 6.04. The van der Waals surface area contributed by atoms with Crippen LogP contribution in [-0.4, -0.2) is 5.71 Å². The molecule has 0 amide bonds. The second-order valence-electron chi connectivity index (χ2n) is 6.72. The van der Waals surface area contributed by atoms with Gasteiger partial charge in [0.25, 0.3) is 0 Å². The molecule has 0 fully saturated rings. The Balaban J connectivity index is 1.84. The van der Waals surface area contributed by atoms with Crippen molar-refractivity contribution >= 4 is 17.1 Å². The largest absolute Gasteiger partial charge is 0.374 e. The molecule has 0 aliphatic carbocycles. The molecule has 1 aliphatic heterocycles. The normalized spacial score (nSPS) is 19.1. The SMILES string of the molecule is CC1(c2ccc(F)cc2)CC(c2ccc(F)cc2)=Nc2ccccc2N1. The molecule has 0 saturated carbocycles. The van der Waals surface area contributed by atoms with Crippen LogP contribution in [0.5, 0.6) is 0 Å². The summed E-state index contributed by atoms with van der Waals surface area (Å²) < 4.78 is 26.7. The number of hydrogen-bond acceptors (Lipinski definition) is 2. The van der Waals surface area contributed by atoms with Crippen molar-refractivity contribution in [3.8, 4) is 0 Å². The van der Waals surface area contributed by atoms with Crippen molar-refractivity contribution < 1.29 is 8.78 Å². The summed E-state index contributed by atoms with van der Waals surface area (Å²) in [6.45, 7) is 2.07. The van der Waals surface area contributed by atoms with Crippen LogP contribution in [0.4, 0.5) is 20.2 Å². The van der Waals surface area contributed by atoms with Gasteiger partial charge in [-0.15, -0.1) is 0 Å². The fraction of sp³-hybridized carbons (Fsp3) is 0.136. The van der Waals surface area contributed by atoms with Crippen molar-refractivity contribution in [3.63, 3.8) is 0 Å². The van der Waals surface area contributed by atoms with E-state index in [9.17, 15) is 8.78 Å². The third-order valence-corrected chi connectivity index (χ3v) is 4.75. The number of nitrogens with zero attached hydrogens (tertiary/aromatic N) is 1. The lowest BCUT2D eigenvalue weighted by Gasteiger charge is -2.32. The molecule has 1 N–H and O–H groups in total. The number of rotatable bonds is 2. The highest BCUT2D eigenvalue weighted by Crippen LogP contribution is 2.39. The molecule has 1 atom stereocenters. The topological polar surface area (TPSA) is 24.4 Å². The highest BCUT2D eigenvalue weighted by Gasteiger charge is 2.32. The summed E-state index contributed by atoms with van der Waals surface area (Å²) >= 11 is 0. The lowest BCUT2D eigenvalue weighted by molar-refractivity contribution is 0.566. The van der Waals surface area contributed by atoms with E-state index in [1.54, 1.807) is 24.3 Å². The van der Waals surface area contributed by atoms with Crippen molar-refractivity contribution in [1.82, 2.24) is 0 Å². The Labute approximate surface area is 151 Å². The zero-order chi connectivity index (χ0) is 18.1. The van der Waals surface area contributed by atoms with E-state index in [4.69, 9.17) is 4.99 Å². The molecule has 130 valence electrons. The summed E-state index contributed by atoms with van der Waals surface area (Å²) in [5.41, 5.74) is 3.96. The standard InChI is InChI=1S/C22H18F2N2/c1-22(16-8-12-18(24)13-9-16)14-21(15-6-10-17(23)11-7-15)25-19-4-2-3-5-20(19)26-22/h2-13,26H,14H2,1H3. The lowest BCUT2D eigenvalue weighted by Crippen LogP contribution is -2.33. The smallest absolute Gasteiger partial charge is 0.123 e. The molecule has 0 aromatic heterocycles. The van der Waals surface area contributed by atoms with Gasteiger partial charge in [-0.2, -0.15) is 0 Å². The average Bonchev–Trinajstić information content (AvgIpc) is 2.79. The maximum Gasteiger partial charge on any atom is 0.123 e. The van der Waals surface area contributed by atoms with Gasteiger partial charge in [0.1, 0.15) is 11.6 Å². The van der Waals surface area contributed by atoms with Crippen LogP contribution in [0.1, 0.15) is 24.5 Å². The van der Waals surface area contributed by atoms with Gasteiger partial charge in [-0.25, -0.2) is 8.78 Å². The third-order valence-electron chi connectivity index (χ3n) is 4.75. The molecule has 2 nitrogen and oxygen atoms in total. The first-order valence-corrected chi connectivity index (χ1v) is 8.50. The summed E-state index contributed by atoms with van der Waals surface area (Å²) in [6, 6.07) is 20.7. The van der Waals surface area contributed by atoms with Crippen LogP contribution >= 0.6 is 0 Å². The third kappa shape index (κ3) is 3.10. The number of fused-ring (bicyclic) bond motifs is 1. The molecule has 1 unspecified atom stereocenters. The Morgan fingerprint density at radius 2 is 1.46 bits per heavy atom. The van der Waals surface area contributed by atoms with E-state index in [2.05, 4.69) is 12.2 Å². The van der Waals surface area contributed by atoms with Gasteiger partial charge in [0.15, 0.2) is 0 Å². The van der Waals surface area contributed by atoms with Gasteiger partial charge in [0.2, 0.25) is 0 Å². The van der Waals surface area contributed by atoms with Crippen molar-refractivity contribution in [1.29, 1.82) is 0 Å². The van der Waals surface area contributed by atoms with E-state index in [0.29, 0.717) is 6.42 Å². The van der Waals surface area contributed by atoms with Crippen molar-refractivity contribution in [3.05, 3.63) is 95.6 Å².